The van der Waals surface area contributed by atoms with Gasteiger partial charge in [-0.15, -0.1) is 24.0 Å². The SMILES string of the molecule is CCN1CCCC1CNC(=NC)N1CCC(CC(=O)NC)CC1.I. The third-order valence-corrected chi connectivity index (χ3v) is 5.28. The number of guanidine groups is 1. The Morgan fingerprint density at radius 3 is 2.50 bits per heavy atom. The minimum atomic E-state index is 0. The first-order valence-corrected chi connectivity index (χ1v) is 9.08. The molecule has 0 saturated carbocycles. The van der Waals surface area contributed by atoms with E-state index in [-0.39, 0.29) is 29.9 Å². The Morgan fingerprint density at radius 2 is 1.92 bits per heavy atom. The van der Waals surface area contributed by atoms with Gasteiger partial charge in [-0.2, -0.15) is 0 Å². The predicted molar refractivity (Wildman–Crippen MR) is 110 cm³/mol. The summed E-state index contributed by atoms with van der Waals surface area (Å²) in [7, 11) is 3.58. The smallest absolute Gasteiger partial charge is 0.220 e. The van der Waals surface area contributed by atoms with Crippen molar-refractivity contribution in [1.29, 1.82) is 0 Å². The van der Waals surface area contributed by atoms with Gasteiger partial charge in [0.1, 0.15) is 0 Å². The van der Waals surface area contributed by atoms with Gasteiger partial charge in [0.25, 0.3) is 0 Å². The van der Waals surface area contributed by atoms with Crippen LogP contribution in [0.1, 0.15) is 39.0 Å². The van der Waals surface area contributed by atoms with Crippen LogP contribution in [0.25, 0.3) is 0 Å². The number of carbonyl (C=O) groups is 1. The van der Waals surface area contributed by atoms with Gasteiger partial charge >= 0.3 is 0 Å². The van der Waals surface area contributed by atoms with Gasteiger partial charge in [0, 0.05) is 46.2 Å². The Balaban J connectivity index is 0.00000288. The summed E-state index contributed by atoms with van der Waals surface area (Å²) in [6.07, 6.45) is 5.39. The van der Waals surface area contributed by atoms with E-state index >= 15 is 0 Å². The summed E-state index contributed by atoms with van der Waals surface area (Å²) in [5, 5.41) is 6.29. The highest BCUT2D eigenvalue weighted by Crippen LogP contribution is 2.21. The van der Waals surface area contributed by atoms with Crippen molar-refractivity contribution in [2.75, 3.05) is 46.8 Å². The van der Waals surface area contributed by atoms with Crippen molar-refractivity contribution in [2.24, 2.45) is 10.9 Å². The maximum absolute atomic E-state index is 11.5. The van der Waals surface area contributed by atoms with Crippen LogP contribution in [0, 0.1) is 5.92 Å². The van der Waals surface area contributed by atoms with E-state index in [1.54, 1.807) is 7.05 Å². The number of hydrogen-bond acceptors (Lipinski definition) is 3. The third kappa shape index (κ3) is 6.06. The summed E-state index contributed by atoms with van der Waals surface area (Å²) in [5.41, 5.74) is 0. The lowest BCUT2D eigenvalue weighted by molar-refractivity contribution is -0.121. The molecular weight excluding hydrogens is 417 g/mol. The van der Waals surface area contributed by atoms with Crippen molar-refractivity contribution in [2.45, 2.75) is 45.1 Å². The van der Waals surface area contributed by atoms with E-state index in [0.29, 0.717) is 18.4 Å². The van der Waals surface area contributed by atoms with Crippen molar-refractivity contribution < 1.29 is 4.79 Å². The molecule has 0 aromatic heterocycles. The summed E-state index contributed by atoms with van der Waals surface area (Å²) in [4.78, 5) is 20.8. The van der Waals surface area contributed by atoms with Crippen LogP contribution in [0.4, 0.5) is 0 Å². The second kappa shape index (κ2) is 11.1. The van der Waals surface area contributed by atoms with Crippen LogP contribution in [0.3, 0.4) is 0 Å². The van der Waals surface area contributed by atoms with Gasteiger partial charge < -0.3 is 15.5 Å². The zero-order valence-electron chi connectivity index (χ0n) is 15.4. The summed E-state index contributed by atoms with van der Waals surface area (Å²) in [5.74, 6) is 1.69. The van der Waals surface area contributed by atoms with E-state index in [1.165, 1.54) is 19.4 Å². The minimum absolute atomic E-state index is 0. The molecule has 2 saturated heterocycles. The number of nitrogens with one attached hydrogen (secondary N) is 2. The number of likely N-dealkylation sites (N-methyl/N-ethyl adjacent to an activating group) is 1. The van der Waals surface area contributed by atoms with Crippen molar-refractivity contribution in [3.8, 4) is 0 Å². The highest BCUT2D eigenvalue weighted by atomic mass is 127. The van der Waals surface area contributed by atoms with Gasteiger partial charge in [-0.25, -0.2) is 0 Å². The lowest BCUT2D eigenvalue weighted by Crippen LogP contribution is -2.49. The van der Waals surface area contributed by atoms with Crippen LogP contribution < -0.4 is 10.6 Å². The molecule has 140 valence electrons. The average molecular weight is 451 g/mol. The molecule has 2 rings (SSSR count). The fourth-order valence-corrected chi connectivity index (χ4v) is 3.80. The largest absolute Gasteiger partial charge is 0.359 e. The lowest BCUT2D eigenvalue weighted by Gasteiger charge is -2.35. The molecule has 2 fully saturated rings. The van der Waals surface area contributed by atoms with Gasteiger partial charge in [0.15, 0.2) is 5.96 Å². The Labute approximate surface area is 163 Å². The predicted octanol–water partition coefficient (Wildman–Crippen LogP) is 1.51. The van der Waals surface area contributed by atoms with E-state index in [1.807, 2.05) is 7.05 Å². The Bertz CT molecular complexity index is 410. The van der Waals surface area contributed by atoms with Crippen molar-refractivity contribution >= 4 is 35.8 Å². The normalized spacial score (nSPS) is 23.0. The van der Waals surface area contributed by atoms with E-state index in [4.69, 9.17) is 0 Å². The molecule has 1 amide bonds. The summed E-state index contributed by atoms with van der Waals surface area (Å²) < 4.78 is 0. The van der Waals surface area contributed by atoms with Gasteiger partial charge in [-0.1, -0.05) is 6.92 Å². The Kier molecular flexibility index (Phi) is 9.95. The van der Waals surface area contributed by atoms with Crippen LogP contribution in [-0.2, 0) is 4.79 Å². The number of carbonyl (C=O) groups excluding carboxylic acids is 1. The maximum Gasteiger partial charge on any atom is 0.220 e. The van der Waals surface area contributed by atoms with Crippen molar-refractivity contribution in [3.05, 3.63) is 0 Å². The van der Waals surface area contributed by atoms with Gasteiger partial charge in [0.05, 0.1) is 0 Å². The van der Waals surface area contributed by atoms with Gasteiger partial charge in [-0.3, -0.25) is 14.7 Å². The summed E-state index contributed by atoms with van der Waals surface area (Å²) >= 11 is 0. The molecule has 1 atom stereocenters. The number of aliphatic imine (C=N–C) groups is 1. The molecule has 0 bridgehead atoms. The quantitative estimate of drug-likeness (QED) is 0.378. The molecule has 2 aliphatic rings. The van der Waals surface area contributed by atoms with Crippen LogP contribution in [0.5, 0.6) is 0 Å². The molecule has 1 unspecified atom stereocenters. The monoisotopic (exact) mass is 451 g/mol. The highest BCUT2D eigenvalue weighted by Gasteiger charge is 2.26. The molecule has 0 spiro atoms. The number of likely N-dealkylation sites (tertiary alicyclic amines) is 2. The number of amides is 1. The second-order valence-corrected chi connectivity index (χ2v) is 6.66. The standard InChI is InChI=1S/C17H33N5O.HI/c1-4-21-9-5-6-15(21)13-20-17(19-3)22-10-7-14(8-11-22)12-16(23)18-2;/h14-15H,4-13H2,1-3H3,(H,18,23)(H,19,20);1H. The lowest BCUT2D eigenvalue weighted by atomic mass is 9.93. The highest BCUT2D eigenvalue weighted by molar-refractivity contribution is 14.0. The number of hydrogen-bond donors (Lipinski definition) is 2. The molecule has 6 nitrogen and oxygen atoms in total. The van der Waals surface area contributed by atoms with Crippen LogP contribution in [0.2, 0.25) is 0 Å². The average Bonchev–Trinajstić information content (AvgIpc) is 3.04. The van der Waals surface area contributed by atoms with Crippen molar-refractivity contribution in [3.63, 3.8) is 0 Å². The minimum Gasteiger partial charge on any atom is -0.359 e. The molecule has 0 radical (unpaired) electrons. The van der Waals surface area contributed by atoms with Crippen molar-refractivity contribution in [1.82, 2.24) is 20.4 Å². The van der Waals surface area contributed by atoms with E-state index in [2.05, 4.69) is 32.3 Å². The third-order valence-electron chi connectivity index (χ3n) is 5.28. The van der Waals surface area contributed by atoms with Gasteiger partial charge in [-0.05, 0) is 44.7 Å². The first-order chi connectivity index (χ1) is 11.2. The first-order valence-electron chi connectivity index (χ1n) is 9.08. The Morgan fingerprint density at radius 1 is 1.21 bits per heavy atom. The maximum atomic E-state index is 11.5. The van der Waals surface area contributed by atoms with Crippen LogP contribution >= 0.6 is 24.0 Å². The fourth-order valence-electron chi connectivity index (χ4n) is 3.80. The number of nitrogens with zero attached hydrogens (tertiary/aromatic N) is 3. The second-order valence-electron chi connectivity index (χ2n) is 6.66. The Hall–Kier alpha value is -0.570. The van der Waals surface area contributed by atoms with Gasteiger partial charge in [0.2, 0.25) is 5.91 Å². The summed E-state index contributed by atoms with van der Waals surface area (Å²) in [6, 6.07) is 0.641. The fraction of sp³-hybridized carbons (Fsp3) is 0.882. The number of piperidine rings is 1. The molecule has 2 N–H and O–H groups in total. The zero-order chi connectivity index (χ0) is 16.7. The summed E-state index contributed by atoms with van der Waals surface area (Å²) in [6.45, 7) is 7.57. The zero-order valence-corrected chi connectivity index (χ0v) is 17.7. The molecule has 24 heavy (non-hydrogen) atoms. The topological polar surface area (TPSA) is 60.0 Å². The molecular formula is C17H34IN5O. The number of rotatable bonds is 5. The first kappa shape index (κ1) is 21.5. The van der Waals surface area contributed by atoms with Crippen LogP contribution in [0.15, 0.2) is 4.99 Å². The molecule has 2 heterocycles. The molecule has 0 aromatic carbocycles. The molecule has 0 aromatic rings. The molecule has 2 aliphatic heterocycles. The van der Waals surface area contributed by atoms with Crippen LogP contribution in [-0.4, -0.2) is 74.5 Å². The van der Waals surface area contributed by atoms with E-state index in [9.17, 15) is 4.79 Å². The molecule has 0 aliphatic carbocycles. The molecule has 7 heteroatoms. The number of halogens is 1. The van der Waals surface area contributed by atoms with E-state index < -0.39 is 0 Å². The van der Waals surface area contributed by atoms with E-state index in [0.717, 1.165) is 45.0 Å².